The van der Waals surface area contributed by atoms with Crippen molar-refractivity contribution in [2.45, 2.75) is 19.3 Å². The molecule has 0 bridgehead atoms. The van der Waals surface area contributed by atoms with Gasteiger partial charge in [0.05, 0.1) is 28.1 Å². The van der Waals surface area contributed by atoms with E-state index in [0.717, 1.165) is 45.1 Å². The number of rotatable bonds is 6. The molecule has 270 valence electrons. The van der Waals surface area contributed by atoms with Crippen molar-refractivity contribution in [1.29, 1.82) is 0 Å². The van der Waals surface area contributed by atoms with Crippen molar-refractivity contribution in [2.75, 3.05) is 4.90 Å². The van der Waals surface area contributed by atoms with E-state index in [1.165, 1.54) is 55.0 Å². The van der Waals surface area contributed by atoms with Crippen molar-refractivity contribution in [3.8, 4) is 39.3 Å². The number of hydrogen-bond donors (Lipinski definition) is 0. The number of pyridine rings is 1. The van der Waals surface area contributed by atoms with E-state index in [1.54, 1.807) is 0 Å². The Bertz CT molecular complexity index is 3030. The molecule has 0 saturated heterocycles. The lowest BCUT2D eigenvalue weighted by Gasteiger charge is -2.36. The van der Waals surface area contributed by atoms with Gasteiger partial charge in [0.2, 0.25) is 0 Å². The molecule has 0 N–H and O–H groups in total. The fourth-order valence-corrected chi connectivity index (χ4v) is 9.12. The van der Waals surface area contributed by atoms with Crippen molar-refractivity contribution >= 4 is 49.6 Å². The standard InChI is InChI=1S/C54H39N3/c1-54(2)46-31-39(40-32-48(37-18-7-3-8-19-37)55-49(33-40)38-20-9-4-10-21-38)28-29-50(46)57-51-30-27-36-17-15-16-26-44(36)52(51)45-34-43(35-47(54)53(45)57)56(41-22-11-5-12-23-41)42-24-13-6-14-25-42/h3-35H,1-2H3. The lowest BCUT2D eigenvalue weighted by Crippen LogP contribution is -2.27. The van der Waals surface area contributed by atoms with E-state index in [0.29, 0.717) is 0 Å². The van der Waals surface area contributed by atoms with Crippen LogP contribution >= 0.6 is 0 Å². The van der Waals surface area contributed by atoms with Crippen LogP contribution in [0.3, 0.4) is 0 Å². The molecule has 0 amide bonds. The molecule has 11 rings (SSSR count). The quantitative estimate of drug-likeness (QED) is 0.170. The molecule has 0 radical (unpaired) electrons. The fraction of sp³-hybridized carbons (Fsp3) is 0.0556. The average molecular weight is 730 g/mol. The maximum Gasteiger partial charge on any atom is 0.0715 e. The van der Waals surface area contributed by atoms with E-state index in [-0.39, 0.29) is 5.41 Å². The summed E-state index contributed by atoms with van der Waals surface area (Å²) in [5.41, 5.74) is 15.8. The molecule has 1 aliphatic rings. The molecule has 0 unspecified atom stereocenters. The van der Waals surface area contributed by atoms with E-state index >= 15 is 0 Å². The van der Waals surface area contributed by atoms with Crippen LogP contribution in [0.5, 0.6) is 0 Å². The molecule has 3 heteroatoms. The number of benzene rings is 8. The molecule has 0 atom stereocenters. The number of aromatic nitrogens is 2. The first-order chi connectivity index (χ1) is 28.0. The van der Waals surface area contributed by atoms with Gasteiger partial charge in [-0.05, 0) is 99.8 Å². The predicted molar refractivity (Wildman–Crippen MR) is 239 cm³/mol. The first-order valence-electron chi connectivity index (χ1n) is 19.7. The van der Waals surface area contributed by atoms with E-state index < -0.39 is 0 Å². The highest BCUT2D eigenvalue weighted by Gasteiger charge is 2.37. The minimum Gasteiger partial charge on any atom is -0.310 e. The van der Waals surface area contributed by atoms with Crippen LogP contribution in [-0.4, -0.2) is 9.55 Å². The Morgan fingerprint density at radius 1 is 0.439 bits per heavy atom. The maximum absolute atomic E-state index is 5.19. The van der Waals surface area contributed by atoms with Gasteiger partial charge >= 0.3 is 0 Å². The van der Waals surface area contributed by atoms with Crippen molar-refractivity contribution in [1.82, 2.24) is 9.55 Å². The Morgan fingerprint density at radius 2 is 1.02 bits per heavy atom. The Morgan fingerprint density at radius 3 is 1.65 bits per heavy atom. The number of para-hydroxylation sites is 2. The molecule has 1 aliphatic heterocycles. The minimum atomic E-state index is -0.337. The zero-order chi connectivity index (χ0) is 38.1. The van der Waals surface area contributed by atoms with E-state index in [9.17, 15) is 0 Å². The molecule has 2 aromatic heterocycles. The normalized spacial score (nSPS) is 12.9. The van der Waals surface area contributed by atoms with Gasteiger partial charge in [0.1, 0.15) is 0 Å². The van der Waals surface area contributed by atoms with Gasteiger partial charge in [-0.2, -0.15) is 0 Å². The van der Waals surface area contributed by atoms with Gasteiger partial charge < -0.3 is 9.47 Å². The van der Waals surface area contributed by atoms with Crippen molar-refractivity contribution < 1.29 is 0 Å². The third kappa shape index (κ3) is 5.31. The van der Waals surface area contributed by atoms with Gasteiger partial charge in [-0.25, -0.2) is 4.98 Å². The van der Waals surface area contributed by atoms with Gasteiger partial charge in [0.15, 0.2) is 0 Å². The monoisotopic (exact) mass is 729 g/mol. The Balaban J connectivity index is 1.19. The van der Waals surface area contributed by atoms with Crippen LogP contribution in [0, 0.1) is 0 Å². The average Bonchev–Trinajstić information content (AvgIpc) is 3.61. The van der Waals surface area contributed by atoms with Crippen molar-refractivity contribution in [3.63, 3.8) is 0 Å². The highest BCUT2D eigenvalue weighted by atomic mass is 15.1. The molecule has 8 aromatic carbocycles. The molecule has 0 spiro atoms. The summed E-state index contributed by atoms with van der Waals surface area (Å²) < 4.78 is 2.54. The first-order valence-corrected chi connectivity index (χ1v) is 19.7. The summed E-state index contributed by atoms with van der Waals surface area (Å²) in [7, 11) is 0. The topological polar surface area (TPSA) is 21.1 Å². The first kappa shape index (κ1) is 33.1. The largest absolute Gasteiger partial charge is 0.310 e. The lowest BCUT2D eigenvalue weighted by atomic mass is 9.73. The molecule has 0 aliphatic carbocycles. The van der Waals surface area contributed by atoms with Crippen LogP contribution in [0.2, 0.25) is 0 Å². The Kier molecular flexibility index (Phi) is 7.52. The fourth-order valence-electron chi connectivity index (χ4n) is 9.12. The SMILES string of the molecule is CC1(C)c2cc(-c3cc(-c4ccccc4)nc(-c4ccccc4)c3)ccc2-n2c3ccc4ccccc4c3c3cc(N(c4ccccc4)c4ccccc4)cc1c32. The summed E-state index contributed by atoms with van der Waals surface area (Å²) in [5, 5.41) is 5.07. The summed E-state index contributed by atoms with van der Waals surface area (Å²) in [6, 6.07) is 72.4. The van der Waals surface area contributed by atoms with E-state index in [4.69, 9.17) is 4.98 Å². The highest BCUT2D eigenvalue weighted by Crippen LogP contribution is 2.52. The van der Waals surface area contributed by atoms with Gasteiger partial charge in [-0.3, -0.25) is 0 Å². The summed E-state index contributed by atoms with van der Waals surface area (Å²) in [6.07, 6.45) is 0. The number of hydrogen-bond acceptors (Lipinski definition) is 2. The third-order valence-corrected chi connectivity index (χ3v) is 11.9. The van der Waals surface area contributed by atoms with Gasteiger partial charge in [0, 0.05) is 44.4 Å². The summed E-state index contributed by atoms with van der Waals surface area (Å²) in [5.74, 6) is 0. The van der Waals surface area contributed by atoms with Crippen LogP contribution in [0.15, 0.2) is 200 Å². The third-order valence-electron chi connectivity index (χ3n) is 11.9. The smallest absolute Gasteiger partial charge is 0.0715 e. The maximum atomic E-state index is 5.19. The number of anilines is 3. The number of fused-ring (bicyclic) bond motifs is 7. The molecule has 3 heterocycles. The van der Waals surface area contributed by atoms with Crippen LogP contribution in [0.4, 0.5) is 17.1 Å². The van der Waals surface area contributed by atoms with Crippen LogP contribution in [-0.2, 0) is 5.41 Å². The Labute approximate surface area is 332 Å². The van der Waals surface area contributed by atoms with Gasteiger partial charge in [-0.1, -0.05) is 147 Å². The van der Waals surface area contributed by atoms with Crippen LogP contribution < -0.4 is 4.90 Å². The highest BCUT2D eigenvalue weighted by molar-refractivity contribution is 6.23. The molecular weight excluding hydrogens is 691 g/mol. The van der Waals surface area contributed by atoms with Crippen molar-refractivity contribution in [2.24, 2.45) is 0 Å². The lowest BCUT2D eigenvalue weighted by molar-refractivity contribution is 0.630. The minimum absolute atomic E-state index is 0.337. The molecule has 0 fully saturated rings. The van der Waals surface area contributed by atoms with Crippen LogP contribution in [0.25, 0.3) is 71.9 Å². The molecular formula is C54H39N3. The zero-order valence-electron chi connectivity index (χ0n) is 31.9. The molecule has 0 saturated carbocycles. The Hall–Kier alpha value is -7.23. The van der Waals surface area contributed by atoms with Crippen molar-refractivity contribution in [3.05, 3.63) is 211 Å². The van der Waals surface area contributed by atoms with Gasteiger partial charge in [0.25, 0.3) is 0 Å². The second-order valence-electron chi connectivity index (χ2n) is 15.6. The van der Waals surface area contributed by atoms with Gasteiger partial charge in [-0.15, -0.1) is 0 Å². The molecule has 3 nitrogen and oxygen atoms in total. The number of nitrogens with zero attached hydrogens (tertiary/aromatic N) is 3. The van der Waals surface area contributed by atoms with Crippen LogP contribution in [0.1, 0.15) is 25.0 Å². The second-order valence-corrected chi connectivity index (χ2v) is 15.6. The molecule has 10 aromatic rings. The zero-order valence-corrected chi connectivity index (χ0v) is 31.9. The summed E-state index contributed by atoms with van der Waals surface area (Å²) in [6.45, 7) is 4.81. The summed E-state index contributed by atoms with van der Waals surface area (Å²) in [4.78, 5) is 7.59. The second kappa shape index (κ2) is 12.9. The predicted octanol–water partition coefficient (Wildman–Crippen LogP) is 14.4. The van der Waals surface area contributed by atoms with E-state index in [2.05, 4.69) is 224 Å². The summed E-state index contributed by atoms with van der Waals surface area (Å²) >= 11 is 0. The molecule has 57 heavy (non-hydrogen) atoms. The van der Waals surface area contributed by atoms with E-state index in [1.807, 2.05) is 0 Å².